The Morgan fingerprint density at radius 2 is 1.89 bits per heavy atom. The molecule has 0 radical (unpaired) electrons. The number of hydrogen-bond acceptors (Lipinski definition) is 3. The molecule has 0 heterocycles. The van der Waals surface area contributed by atoms with E-state index in [4.69, 9.17) is 5.11 Å². The largest absolute Gasteiger partial charge is 0.396 e. The third-order valence-corrected chi connectivity index (χ3v) is 2.91. The van der Waals surface area contributed by atoms with Gasteiger partial charge in [-0.2, -0.15) is 0 Å². The van der Waals surface area contributed by atoms with E-state index in [1.54, 1.807) is 13.0 Å². The predicted octanol–water partition coefficient (Wildman–Crippen LogP) is 1.13. The van der Waals surface area contributed by atoms with Crippen LogP contribution in [0.3, 0.4) is 0 Å². The van der Waals surface area contributed by atoms with Crippen molar-refractivity contribution in [1.82, 2.24) is 5.32 Å². The molecule has 1 atom stereocenters. The molecule has 0 saturated carbocycles. The molecule has 5 heteroatoms. The van der Waals surface area contributed by atoms with Crippen molar-refractivity contribution in [3.8, 4) is 0 Å². The molecule has 19 heavy (non-hydrogen) atoms. The zero-order valence-electron chi connectivity index (χ0n) is 11.5. The summed E-state index contributed by atoms with van der Waals surface area (Å²) in [7, 11) is 0. The maximum atomic E-state index is 11.7. The van der Waals surface area contributed by atoms with Crippen molar-refractivity contribution in [3.63, 3.8) is 0 Å². The fourth-order valence-electron chi connectivity index (χ4n) is 1.56. The summed E-state index contributed by atoms with van der Waals surface area (Å²) in [5.41, 5.74) is 2.77. The Bertz CT molecular complexity index is 472. The van der Waals surface area contributed by atoms with Crippen molar-refractivity contribution in [2.45, 2.75) is 33.2 Å². The lowest BCUT2D eigenvalue weighted by atomic mass is 10.1. The lowest BCUT2D eigenvalue weighted by Crippen LogP contribution is -2.40. The average Bonchev–Trinajstić information content (AvgIpc) is 2.34. The molecule has 0 saturated heterocycles. The standard InChI is InChI=1S/C14H20N2O3/c1-9-4-5-12(8-10(9)2)16-14(19)13(18)15-11(3)6-7-17/h4-5,8,11,17H,6-7H2,1-3H3,(H,15,18)(H,16,19)/t11-/m1/s1. The molecule has 0 fully saturated rings. The van der Waals surface area contributed by atoms with Gasteiger partial charge in [0.2, 0.25) is 0 Å². The van der Waals surface area contributed by atoms with Gasteiger partial charge in [0.1, 0.15) is 0 Å². The second kappa shape index (κ2) is 6.89. The number of carbonyl (C=O) groups excluding carboxylic acids is 2. The van der Waals surface area contributed by atoms with Crippen LogP contribution in [0.25, 0.3) is 0 Å². The zero-order chi connectivity index (χ0) is 14.4. The normalized spacial score (nSPS) is 11.8. The van der Waals surface area contributed by atoms with Crippen molar-refractivity contribution in [2.75, 3.05) is 11.9 Å². The average molecular weight is 264 g/mol. The molecule has 1 aromatic carbocycles. The van der Waals surface area contributed by atoms with Crippen molar-refractivity contribution in [1.29, 1.82) is 0 Å². The minimum Gasteiger partial charge on any atom is -0.396 e. The molecule has 104 valence electrons. The summed E-state index contributed by atoms with van der Waals surface area (Å²) < 4.78 is 0. The Kier molecular flexibility index (Phi) is 5.51. The van der Waals surface area contributed by atoms with Crippen LogP contribution in [0.4, 0.5) is 5.69 Å². The maximum Gasteiger partial charge on any atom is 0.313 e. The van der Waals surface area contributed by atoms with Gasteiger partial charge in [-0.25, -0.2) is 0 Å². The van der Waals surface area contributed by atoms with E-state index in [1.165, 1.54) is 0 Å². The maximum absolute atomic E-state index is 11.7. The van der Waals surface area contributed by atoms with E-state index < -0.39 is 11.8 Å². The van der Waals surface area contributed by atoms with E-state index in [1.807, 2.05) is 26.0 Å². The molecule has 1 rings (SSSR count). The van der Waals surface area contributed by atoms with E-state index in [2.05, 4.69) is 10.6 Å². The van der Waals surface area contributed by atoms with Crippen molar-refractivity contribution in [2.24, 2.45) is 0 Å². The summed E-state index contributed by atoms with van der Waals surface area (Å²) >= 11 is 0. The van der Waals surface area contributed by atoms with Crippen LogP contribution in [0.15, 0.2) is 18.2 Å². The summed E-state index contributed by atoms with van der Waals surface area (Å²) in [5, 5.41) is 13.8. The molecule has 0 aliphatic carbocycles. The summed E-state index contributed by atoms with van der Waals surface area (Å²) in [6, 6.07) is 5.22. The molecule has 0 spiro atoms. The highest BCUT2D eigenvalue weighted by atomic mass is 16.3. The zero-order valence-corrected chi connectivity index (χ0v) is 11.5. The number of carbonyl (C=O) groups is 2. The van der Waals surface area contributed by atoms with Gasteiger partial charge in [0, 0.05) is 18.3 Å². The number of hydrogen-bond donors (Lipinski definition) is 3. The lowest BCUT2D eigenvalue weighted by molar-refractivity contribution is -0.136. The van der Waals surface area contributed by atoms with Crippen molar-refractivity contribution >= 4 is 17.5 Å². The van der Waals surface area contributed by atoms with Gasteiger partial charge in [-0.1, -0.05) is 6.07 Å². The molecule has 2 amide bonds. The highest BCUT2D eigenvalue weighted by Crippen LogP contribution is 2.13. The van der Waals surface area contributed by atoms with Crippen LogP contribution < -0.4 is 10.6 Å². The van der Waals surface area contributed by atoms with E-state index in [9.17, 15) is 9.59 Å². The number of anilines is 1. The molecular weight excluding hydrogens is 244 g/mol. The third-order valence-electron chi connectivity index (χ3n) is 2.91. The van der Waals surface area contributed by atoms with E-state index in [0.717, 1.165) is 11.1 Å². The number of aryl methyl sites for hydroxylation is 2. The topological polar surface area (TPSA) is 78.4 Å². The quantitative estimate of drug-likeness (QED) is 0.713. The summed E-state index contributed by atoms with van der Waals surface area (Å²) in [6.07, 6.45) is 0.419. The van der Waals surface area contributed by atoms with Crippen LogP contribution in [-0.4, -0.2) is 29.6 Å². The van der Waals surface area contributed by atoms with Gasteiger partial charge in [0.15, 0.2) is 0 Å². The van der Waals surface area contributed by atoms with Gasteiger partial charge < -0.3 is 15.7 Å². The second-order valence-electron chi connectivity index (χ2n) is 4.64. The van der Waals surface area contributed by atoms with Crippen LogP contribution in [0.2, 0.25) is 0 Å². The molecule has 3 N–H and O–H groups in total. The molecule has 0 aromatic heterocycles. The number of aliphatic hydroxyl groups is 1. The van der Waals surface area contributed by atoms with Crippen LogP contribution in [0, 0.1) is 13.8 Å². The van der Waals surface area contributed by atoms with E-state index in [-0.39, 0.29) is 12.6 Å². The minimum absolute atomic E-state index is 0.0276. The lowest BCUT2D eigenvalue weighted by Gasteiger charge is -2.12. The van der Waals surface area contributed by atoms with E-state index >= 15 is 0 Å². The van der Waals surface area contributed by atoms with Gasteiger partial charge in [0.25, 0.3) is 0 Å². The summed E-state index contributed by atoms with van der Waals surface area (Å²) in [6.45, 7) is 5.62. The van der Waals surface area contributed by atoms with Crippen LogP contribution in [0.1, 0.15) is 24.5 Å². The smallest absolute Gasteiger partial charge is 0.313 e. The molecule has 0 bridgehead atoms. The highest BCUT2D eigenvalue weighted by molar-refractivity contribution is 6.39. The number of aliphatic hydroxyl groups excluding tert-OH is 1. The predicted molar refractivity (Wildman–Crippen MR) is 73.9 cm³/mol. The number of amides is 2. The van der Waals surface area contributed by atoms with Crippen LogP contribution in [0.5, 0.6) is 0 Å². The fourth-order valence-corrected chi connectivity index (χ4v) is 1.56. The SMILES string of the molecule is Cc1ccc(NC(=O)C(=O)N[C@H](C)CCO)cc1C. The van der Waals surface area contributed by atoms with Gasteiger partial charge in [0.05, 0.1) is 0 Å². The first-order valence-electron chi connectivity index (χ1n) is 6.24. The molecule has 1 aromatic rings. The van der Waals surface area contributed by atoms with Crippen molar-refractivity contribution < 1.29 is 14.7 Å². The van der Waals surface area contributed by atoms with Crippen LogP contribution >= 0.6 is 0 Å². The Labute approximate surface area is 113 Å². The first-order valence-corrected chi connectivity index (χ1v) is 6.24. The first kappa shape index (κ1) is 15.2. The summed E-state index contributed by atoms with van der Waals surface area (Å²) in [4.78, 5) is 23.2. The van der Waals surface area contributed by atoms with Crippen LogP contribution in [-0.2, 0) is 9.59 Å². The molecule has 0 aliphatic rings. The van der Waals surface area contributed by atoms with Gasteiger partial charge in [-0.15, -0.1) is 0 Å². The Balaban J connectivity index is 2.58. The van der Waals surface area contributed by atoms with Gasteiger partial charge in [-0.05, 0) is 50.5 Å². The van der Waals surface area contributed by atoms with Crippen molar-refractivity contribution in [3.05, 3.63) is 29.3 Å². The van der Waals surface area contributed by atoms with Gasteiger partial charge in [-0.3, -0.25) is 9.59 Å². The second-order valence-corrected chi connectivity index (χ2v) is 4.64. The number of benzene rings is 1. The van der Waals surface area contributed by atoms with E-state index in [0.29, 0.717) is 12.1 Å². The fraction of sp³-hybridized carbons (Fsp3) is 0.429. The monoisotopic (exact) mass is 264 g/mol. The Morgan fingerprint density at radius 3 is 2.47 bits per heavy atom. The molecule has 0 aliphatic heterocycles. The highest BCUT2D eigenvalue weighted by Gasteiger charge is 2.16. The van der Waals surface area contributed by atoms with Gasteiger partial charge >= 0.3 is 11.8 Å². The first-order chi connectivity index (χ1) is 8.93. The Hall–Kier alpha value is -1.88. The molecule has 0 unspecified atom stereocenters. The number of rotatable bonds is 4. The minimum atomic E-state index is -0.701. The third kappa shape index (κ3) is 4.71. The number of nitrogens with one attached hydrogen (secondary N) is 2. The molecular formula is C14H20N2O3. The molecule has 5 nitrogen and oxygen atoms in total. The summed E-state index contributed by atoms with van der Waals surface area (Å²) in [5.74, 6) is -1.40. The Morgan fingerprint density at radius 1 is 1.21 bits per heavy atom.